The van der Waals surface area contributed by atoms with Crippen molar-refractivity contribution in [3.05, 3.63) is 105 Å². The van der Waals surface area contributed by atoms with Crippen LogP contribution in [0.3, 0.4) is 0 Å². The first-order valence-electron chi connectivity index (χ1n) is 13.3. The van der Waals surface area contributed by atoms with Crippen LogP contribution in [0.4, 0.5) is 0 Å². The van der Waals surface area contributed by atoms with Gasteiger partial charge in [0.25, 0.3) is 0 Å². The summed E-state index contributed by atoms with van der Waals surface area (Å²) in [6.07, 6.45) is 6.27. The van der Waals surface area contributed by atoms with Gasteiger partial charge in [-0.1, -0.05) is 95.9 Å². The molecule has 194 valence electrons. The Labute approximate surface area is 229 Å². The minimum atomic E-state index is -0.591. The minimum Gasteiger partial charge on any atom is -0.352 e. The molecule has 4 nitrogen and oxygen atoms in total. The van der Waals surface area contributed by atoms with Gasteiger partial charge in [-0.05, 0) is 66.6 Å². The average molecular weight is 562 g/mol. The summed E-state index contributed by atoms with van der Waals surface area (Å²) >= 11 is 3.50. The highest BCUT2D eigenvalue weighted by Gasteiger charge is 2.32. The van der Waals surface area contributed by atoms with Gasteiger partial charge in [-0.25, -0.2) is 0 Å². The minimum absolute atomic E-state index is 0.0362. The summed E-state index contributed by atoms with van der Waals surface area (Å²) in [5.74, 6) is -0.0906. The monoisotopic (exact) mass is 560 g/mol. The van der Waals surface area contributed by atoms with E-state index in [0.717, 1.165) is 46.8 Å². The maximum Gasteiger partial charge on any atom is 0.243 e. The van der Waals surface area contributed by atoms with Gasteiger partial charge >= 0.3 is 0 Å². The Morgan fingerprint density at radius 2 is 1.54 bits per heavy atom. The van der Waals surface area contributed by atoms with Gasteiger partial charge in [-0.3, -0.25) is 9.59 Å². The van der Waals surface area contributed by atoms with Crippen LogP contribution in [0, 0.1) is 13.8 Å². The van der Waals surface area contributed by atoms with E-state index >= 15 is 0 Å². The van der Waals surface area contributed by atoms with Crippen LogP contribution in [0.5, 0.6) is 0 Å². The Balaban J connectivity index is 1.65. The number of nitrogens with zero attached hydrogens (tertiary/aromatic N) is 1. The van der Waals surface area contributed by atoms with E-state index in [0.29, 0.717) is 13.0 Å². The number of amides is 2. The van der Waals surface area contributed by atoms with Crippen LogP contribution in [-0.4, -0.2) is 28.8 Å². The lowest BCUT2D eigenvalue weighted by molar-refractivity contribution is -0.141. The van der Waals surface area contributed by atoms with E-state index in [-0.39, 0.29) is 24.3 Å². The van der Waals surface area contributed by atoms with E-state index in [4.69, 9.17) is 0 Å². The molecular weight excluding hydrogens is 524 g/mol. The van der Waals surface area contributed by atoms with E-state index in [1.165, 1.54) is 17.5 Å². The summed E-state index contributed by atoms with van der Waals surface area (Å²) in [7, 11) is 0. The number of nitrogens with one attached hydrogen (secondary N) is 1. The van der Waals surface area contributed by atoms with E-state index in [9.17, 15) is 9.59 Å². The standard InChI is InChI=1S/C32H37BrN2O2/c1-23-13-14-27(19-24(23)2)21-31(36)35(22-26-15-17-28(33)18-16-26)30(20-25-9-5-3-6-10-25)32(37)34-29-11-7-4-8-12-29/h3,5-6,9-10,13-19,29-30H,4,7-8,11-12,20-22H2,1-2H3,(H,34,37). The van der Waals surface area contributed by atoms with Crippen molar-refractivity contribution in [1.82, 2.24) is 10.2 Å². The van der Waals surface area contributed by atoms with E-state index in [1.54, 1.807) is 4.90 Å². The number of benzene rings is 3. The summed E-state index contributed by atoms with van der Waals surface area (Å²) in [6.45, 7) is 4.53. The van der Waals surface area contributed by atoms with Gasteiger partial charge in [0, 0.05) is 23.5 Å². The predicted molar refractivity (Wildman–Crippen MR) is 153 cm³/mol. The van der Waals surface area contributed by atoms with Crippen molar-refractivity contribution in [3.63, 3.8) is 0 Å². The maximum atomic E-state index is 13.9. The third-order valence-electron chi connectivity index (χ3n) is 7.42. The van der Waals surface area contributed by atoms with Crippen LogP contribution in [0.2, 0.25) is 0 Å². The van der Waals surface area contributed by atoms with E-state index in [1.807, 2.05) is 60.7 Å². The maximum absolute atomic E-state index is 13.9. The van der Waals surface area contributed by atoms with Crippen LogP contribution in [0.15, 0.2) is 77.3 Å². The van der Waals surface area contributed by atoms with Gasteiger partial charge in [0.2, 0.25) is 11.8 Å². The Bertz CT molecular complexity index is 1190. The summed E-state index contributed by atoms with van der Waals surface area (Å²) in [5, 5.41) is 3.31. The molecule has 0 aliphatic heterocycles. The molecule has 0 aromatic heterocycles. The number of carbonyl (C=O) groups excluding carboxylic acids is 2. The summed E-state index contributed by atoms with van der Waals surface area (Å²) in [6, 6.07) is 23.8. The van der Waals surface area contributed by atoms with Gasteiger partial charge in [0.05, 0.1) is 6.42 Å². The van der Waals surface area contributed by atoms with E-state index in [2.05, 4.69) is 47.2 Å². The van der Waals surface area contributed by atoms with Crippen LogP contribution in [0.25, 0.3) is 0 Å². The number of rotatable bonds is 9. The lowest BCUT2D eigenvalue weighted by atomic mass is 9.94. The highest BCUT2D eigenvalue weighted by molar-refractivity contribution is 9.10. The van der Waals surface area contributed by atoms with Crippen molar-refractivity contribution >= 4 is 27.7 Å². The number of hydrogen-bond acceptors (Lipinski definition) is 2. The predicted octanol–water partition coefficient (Wildman–Crippen LogP) is 6.70. The highest BCUT2D eigenvalue weighted by Crippen LogP contribution is 2.21. The molecule has 1 saturated carbocycles. The first-order chi connectivity index (χ1) is 17.9. The highest BCUT2D eigenvalue weighted by atomic mass is 79.9. The van der Waals surface area contributed by atoms with Gasteiger partial charge in [-0.15, -0.1) is 0 Å². The third kappa shape index (κ3) is 7.78. The molecular formula is C32H37BrN2O2. The fourth-order valence-electron chi connectivity index (χ4n) is 5.07. The summed E-state index contributed by atoms with van der Waals surface area (Å²) in [4.78, 5) is 29.6. The topological polar surface area (TPSA) is 49.4 Å². The van der Waals surface area contributed by atoms with Gasteiger partial charge in [-0.2, -0.15) is 0 Å². The molecule has 1 atom stereocenters. The van der Waals surface area contributed by atoms with Crippen molar-refractivity contribution in [2.45, 2.75) is 77.4 Å². The molecule has 0 saturated heterocycles. The zero-order valence-electron chi connectivity index (χ0n) is 21.9. The third-order valence-corrected chi connectivity index (χ3v) is 7.94. The van der Waals surface area contributed by atoms with Crippen molar-refractivity contribution in [1.29, 1.82) is 0 Å². The Morgan fingerprint density at radius 1 is 0.865 bits per heavy atom. The zero-order valence-corrected chi connectivity index (χ0v) is 23.5. The molecule has 3 aromatic rings. The molecule has 0 heterocycles. The van der Waals surface area contributed by atoms with E-state index < -0.39 is 6.04 Å². The van der Waals surface area contributed by atoms with Crippen molar-refractivity contribution in [2.75, 3.05) is 0 Å². The van der Waals surface area contributed by atoms with Gasteiger partial charge in [0.1, 0.15) is 6.04 Å². The summed E-state index contributed by atoms with van der Waals surface area (Å²) in [5.41, 5.74) is 5.39. The molecule has 3 aromatic carbocycles. The van der Waals surface area contributed by atoms with Crippen molar-refractivity contribution in [3.8, 4) is 0 Å². The summed E-state index contributed by atoms with van der Waals surface area (Å²) < 4.78 is 0.986. The van der Waals surface area contributed by atoms with Crippen LogP contribution >= 0.6 is 15.9 Å². The quantitative estimate of drug-likeness (QED) is 0.316. The molecule has 1 fully saturated rings. The molecule has 0 spiro atoms. The molecule has 1 unspecified atom stereocenters. The normalized spacial score (nSPS) is 14.7. The van der Waals surface area contributed by atoms with Crippen LogP contribution in [0.1, 0.15) is 59.9 Å². The zero-order chi connectivity index (χ0) is 26.2. The van der Waals surface area contributed by atoms with Crippen molar-refractivity contribution in [2.24, 2.45) is 0 Å². The lowest BCUT2D eigenvalue weighted by Gasteiger charge is -2.33. The molecule has 5 heteroatoms. The molecule has 1 aliphatic carbocycles. The average Bonchev–Trinajstić information content (AvgIpc) is 2.90. The fraction of sp³-hybridized carbons (Fsp3) is 0.375. The molecule has 0 radical (unpaired) electrons. The first kappa shape index (κ1) is 27.1. The lowest BCUT2D eigenvalue weighted by Crippen LogP contribution is -2.53. The van der Waals surface area contributed by atoms with Crippen molar-refractivity contribution < 1.29 is 9.59 Å². The van der Waals surface area contributed by atoms with Crippen LogP contribution in [-0.2, 0) is 29.0 Å². The van der Waals surface area contributed by atoms with Gasteiger partial charge < -0.3 is 10.2 Å². The second-order valence-corrected chi connectivity index (χ2v) is 11.2. The second kappa shape index (κ2) is 13.0. The smallest absolute Gasteiger partial charge is 0.243 e. The molecule has 1 N–H and O–H groups in total. The number of halogens is 1. The first-order valence-corrected chi connectivity index (χ1v) is 14.1. The fourth-order valence-corrected chi connectivity index (χ4v) is 5.34. The second-order valence-electron chi connectivity index (χ2n) is 10.3. The molecule has 0 bridgehead atoms. The molecule has 4 rings (SSSR count). The van der Waals surface area contributed by atoms with Crippen LogP contribution < -0.4 is 5.32 Å². The molecule has 1 aliphatic rings. The number of carbonyl (C=O) groups is 2. The molecule has 2 amide bonds. The van der Waals surface area contributed by atoms with Gasteiger partial charge in [0.15, 0.2) is 0 Å². The number of aryl methyl sites for hydroxylation is 2. The Kier molecular flexibility index (Phi) is 9.56. The molecule has 37 heavy (non-hydrogen) atoms. The number of hydrogen-bond donors (Lipinski definition) is 1. The SMILES string of the molecule is Cc1ccc(CC(=O)N(Cc2ccc(Br)cc2)C(Cc2ccccc2)C(=O)NC2CCCCC2)cc1C. The Hall–Kier alpha value is -2.92. The largest absolute Gasteiger partial charge is 0.352 e. The Morgan fingerprint density at radius 3 is 2.22 bits per heavy atom.